The number of rotatable bonds is 8. The van der Waals surface area contributed by atoms with Crippen LogP contribution >= 0.6 is 0 Å². The van der Waals surface area contributed by atoms with Gasteiger partial charge in [0.15, 0.2) is 5.76 Å². The summed E-state index contributed by atoms with van der Waals surface area (Å²) in [6, 6.07) is 13.0. The van der Waals surface area contributed by atoms with Crippen LogP contribution in [0.3, 0.4) is 0 Å². The van der Waals surface area contributed by atoms with Crippen LogP contribution in [0.25, 0.3) is 33.6 Å². The van der Waals surface area contributed by atoms with E-state index in [1.165, 1.54) is 0 Å². The zero-order valence-corrected chi connectivity index (χ0v) is 18.4. The Morgan fingerprint density at radius 3 is 2.88 bits per heavy atom. The molecule has 0 aliphatic rings. The molecule has 168 valence electrons. The van der Waals surface area contributed by atoms with Gasteiger partial charge in [0.25, 0.3) is 11.6 Å². The fourth-order valence-corrected chi connectivity index (χ4v) is 3.86. The van der Waals surface area contributed by atoms with Crippen molar-refractivity contribution >= 4 is 34.0 Å². The third-order valence-electron chi connectivity index (χ3n) is 5.39. The van der Waals surface area contributed by atoms with Crippen LogP contribution in [0.2, 0.25) is 0 Å². The van der Waals surface area contributed by atoms with Gasteiger partial charge in [-0.3, -0.25) is 10.1 Å². The van der Waals surface area contributed by atoms with Gasteiger partial charge in [-0.15, -0.1) is 0 Å². The van der Waals surface area contributed by atoms with Gasteiger partial charge < -0.3 is 18.2 Å². The molecule has 9 nitrogen and oxygen atoms in total. The Kier molecular flexibility index (Phi) is 5.62. The molecule has 0 atom stereocenters. The smallest absolute Gasteiger partial charge is 0.259 e. The highest BCUT2D eigenvalue weighted by Gasteiger charge is 2.22. The number of carbonyl (C=O) groups excluding carboxylic acids is 1. The Balaban J connectivity index is 1.53. The van der Waals surface area contributed by atoms with Crippen molar-refractivity contribution < 1.29 is 18.5 Å². The summed E-state index contributed by atoms with van der Waals surface area (Å²) >= 11 is 0. The summed E-state index contributed by atoms with van der Waals surface area (Å²) < 4.78 is 18.3. The summed E-state index contributed by atoms with van der Waals surface area (Å²) in [5, 5.41) is 7.54. The molecule has 4 aromatic heterocycles. The number of hydrogen-bond donors (Lipinski definition) is 1. The first-order chi connectivity index (χ1) is 16.2. The highest BCUT2D eigenvalue weighted by Crippen LogP contribution is 2.28. The fourth-order valence-electron chi connectivity index (χ4n) is 3.86. The van der Waals surface area contributed by atoms with Gasteiger partial charge in [-0.05, 0) is 50.6 Å². The van der Waals surface area contributed by atoms with Crippen LogP contribution in [0.15, 0.2) is 57.7 Å². The van der Waals surface area contributed by atoms with Crippen molar-refractivity contribution in [1.29, 1.82) is 0 Å². The van der Waals surface area contributed by atoms with Gasteiger partial charge in [0.05, 0.1) is 33.9 Å². The average Bonchev–Trinajstić information content (AvgIpc) is 3.56. The molecule has 0 fully saturated rings. The number of nitrogens with zero attached hydrogens (tertiary/aromatic N) is 4. The second kappa shape index (κ2) is 8.87. The summed E-state index contributed by atoms with van der Waals surface area (Å²) in [7, 11) is 0. The van der Waals surface area contributed by atoms with E-state index in [0.717, 1.165) is 17.5 Å². The number of para-hydroxylation sites is 2. The van der Waals surface area contributed by atoms with Gasteiger partial charge in [0.1, 0.15) is 5.69 Å². The third kappa shape index (κ3) is 3.98. The quantitative estimate of drug-likeness (QED) is 0.341. The molecule has 1 amide bonds. The van der Waals surface area contributed by atoms with Crippen molar-refractivity contribution in [1.82, 2.24) is 19.7 Å². The predicted molar refractivity (Wildman–Crippen MR) is 123 cm³/mol. The monoisotopic (exact) mass is 445 g/mol. The summed E-state index contributed by atoms with van der Waals surface area (Å²) in [6.45, 7) is 5.71. The molecule has 1 N–H and O–H groups in total. The Labute approximate surface area is 189 Å². The SMILES string of the molecule is CCOCCCn1c(NC(=O)c2cc(-c3ccco3)nc3onc(C)c23)nc2ccccc21. The minimum absolute atomic E-state index is 0.275. The van der Waals surface area contributed by atoms with Crippen LogP contribution in [0, 0.1) is 6.92 Å². The lowest BCUT2D eigenvalue weighted by Gasteiger charge is -2.11. The molecule has 0 aliphatic carbocycles. The number of imidazole rings is 1. The third-order valence-corrected chi connectivity index (χ3v) is 5.39. The molecule has 0 unspecified atom stereocenters. The van der Waals surface area contributed by atoms with Gasteiger partial charge in [0.2, 0.25) is 5.95 Å². The first-order valence-electron chi connectivity index (χ1n) is 10.8. The Hall–Kier alpha value is -3.98. The number of nitrogens with one attached hydrogen (secondary N) is 1. The van der Waals surface area contributed by atoms with E-state index in [2.05, 4.69) is 20.4 Å². The Morgan fingerprint density at radius 1 is 1.18 bits per heavy atom. The van der Waals surface area contributed by atoms with Crippen molar-refractivity contribution in [2.45, 2.75) is 26.8 Å². The standard InChI is InChI=1S/C24H23N5O4/c1-3-31-12-7-11-29-19-9-5-4-8-17(19)26-24(29)27-22(30)16-14-18(20-10-6-13-32-20)25-23-21(16)15(2)28-33-23/h4-6,8-10,13-14H,3,7,11-12H2,1-2H3,(H,26,27,30). The second-order valence-corrected chi connectivity index (χ2v) is 7.56. The largest absolute Gasteiger partial charge is 0.463 e. The molecular weight excluding hydrogens is 422 g/mol. The first-order valence-corrected chi connectivity index (χ1v) is 10.8. The highest BCUT2D eigenvalue weighted by molar-refractivity contribution is 6.12. The number of anilines is 1. The predicted octanol–water partition coefficient (Wildman–Crippen LogP) is 4.82. The van der Waals surface area contributed by atoms with Crippen LogP contribution in [-0.2, 0) is 11.3 Å². The van der Waals surface area contributed by atoms with E-state index < -0.39 is 0 Å². The minimum atomic E-state index is -0.331. The zero-order valence-electron chi connectivity index (χ0n) is 18.4. The number of furan rings is 1. The summed E-state index contributed by atoms with van der Waals surface area (Å²) in [5.74, 6) is 0.669. The number of amides is 1. The molecule has 0 bridgehead atoms. The Morgan fingerprint density at radius 2 is 2.06 bits per heavy atom. The maximum atomic E-state index is 13.5. The molecule has 1 aromatic carbocycles. The summed E-state index contributed by atoms with van der Waals surface area (Å²) in [5.41, 5.74) is 3.48. The van der Waals surface area contributed by atoms with Crippen LogP contribution in [0.5, 0.6) is 0 Å². The van der Waals surface area contributed by atoms with Crippen molar-refractivity contribution in [2.24, 2.45) is 0 Å². The van der Waals surface area contributed by atoms with E-state index in [9.17, 15) is 4.79 Å². The molecular formula is C24H23N5O4. The van der Waals surface area contributed by atoms with Crippen LogP contribution in [0.4, 0.5) is 5.95 Å². The number of ether oxygens (including phenoxy) is 1. The fraction of sp³-hybridized carbons (Fsp3) is 0.250. The number of aromatic nitrogens is 4. The van der Waals surface area contributed by atoms with E-state index in [4.69, 9.17) is 13.7 Å². The molecule has 33 heavy (non-hydrogen) atoms. The molecule has 0 saturated heterocycles. The van der Waals surface area contributed by atoms with E-state index >= 15 is 0 Å². The van der Waals surface area contributed by atoms with Crippen molar-refractivity contribution in [3.8, 4) is 11.5 Å². The minimum Gasteiger partial charge on any atom is -0.463 e. The number of pyridine rings is 1. The van der Waals surface area contributed by atoms with Crippen molar-refractivity contribution in [3.05, 3.63) is 60.0 Å². The van der Waals surface area contributed by atoms with Crippen LogP contribution < -0.4 is 5.32 Å². The summed E-state index contributed by atoms with van der Waals surface area (Å²) in [6.07, 6.45) is 2.35. The molecule has 0 aliphatic heterocycles. The number of hydrogen-bond acceptors (Lipinski definition) is 7. The van der Waals surface area contributed by atoms with E-state index in [1.54, 1.807) is 31.4 Å². The van der Waals surface area contributed by atoms with Gasteiger partial charge in [-0.2, -0.15) is 0 Å². The lowest BCUT2D eigenvalue weighted by Crippen LogP contribution is -2.17. The molecule has 5 rings (SSSR count). The normalized spacial score (nSPS) is 11.5. The number of benzene rings is 1. The molecule has 0 radical (unpaired) electrons. The average molecular weight is 445 g/mol. The van der Waals surface area contributed by atoms with Gasteiger partial charge in [0, 0.05) is 19.8 Å². The highest BCUT2D eigenvalue weighted by atomic mass is 16.5. The maximum absolute atomic E-state index is 13.5. The van der Waals surface area contributed by atoms with Gasteiger partial charge in [-0.1, -0.05) is 17.3 Å². The maximum Gasteiger partial charge on any atom is 0.259 e. The molecule has 5 aromatic rings. The summed E-state index contributed by atoms with van der Waals surface area (Å²) in [4.78, 5) is 22.6. The molecule has 0 spiro atoms. The molecule has 0 saturated carbocycles. The van der Waals surface area contributed by atoms with Crippen molar-refractivity contribution in [2.75, 3.05) is 18.5 Å². The topological polar surface area (TPSA) is 108 Å². The van der Waals surface area contributed by atoms with Crippen LogP contribution in [0.1, 0.15) is 29.4 Å². The molecule has 9 heteroatoms. The van der Waals surface area contributed by atoms with E-state index in [-0.39, 0.29) is 11.6 Å². The number of aryl methyl sites for hydroxylation is 2. The van der Waals surface area contributed by atoms with E-state index in [1.807, 2.05) is 35.8 Å². The van der Waals surface area contributed by atoms with Crippen LogP contribution in [-0.4, -0.2) is 38.8 Å². The van der Waals surface area contributed by atoms with Gasteiger partial charge in [-0.25, -0.2) is 9.97 Å². The Bertz CT molecular complexity index is 1420. The first kappa shape index (κ1) is 20.9. The zero-order chi connectivity index (χ0) is 22.8. The second-order valence-electron chi connectivity index (χ2n) is 7.56. The lowest BCUT2D eigenvalue weighted by atomic mass is 10.1. The number of fused-ring (bicyclic) bond motifs is 2. The number of carbonyl (C=O) groups is 1. The molecule has 4 heterocycles. The van der Waals surface area contributed by atoms with Crippen molar-refractivity contribution in [3.63, 3.8) is 0 Å². The lowest BCUT2D eigenvalue weighted by molar-refractivity contribution is 0.102. The van der Waals surface area contributed by atoms with E-state index in [0.29, 0.717) is 53.8 Å². The van der Waals surface area contributed by atoms with Gasteiger partial charge >= 0.3 is 0 Å².